The maximum Gasteiger partial charge on any atom is 0.263 e. The highest BCUT2D eigenvalue weighted by Crippen LogP contribution is 2.25. The molecule has 1 N–H and O–H groups in total. The van der Waals surface area contributed by atoms with Gasteiger partial charge in [0.05, 0.1) is 11.1 Å². The number of fused-ring (bicyclic) bond motifs is 1. The van der Waals surface area contributed by atoms with Crippen LogP contribution in [0.15, 0.2) is 24.3 Å². The second kappa shape index (κ2) is 8.82. The lowest BCUT2D eigenvalue weighted by molar-refractivity contribution is 0.00963. The first-order chi connectivity index (χ1) is 11.2. The molecule has 2 rings (SSSR count). The van der Waals surface area contributed by atoms with Crippen LogP contribution in [0, 0.1) is 0 Å². The number of imide groups is 1. The molecule has 0 aliphatic carbocycles. The van der Waals surface area contributed by atoms with Gasteiger partial charge in [0.25, 0.3) is 11.8 Å². The Balaban J connectivity index is 1.72. The molecule has 1 aliphatic rings. The lowest BCUT2D eigenvalue weighted by Gasteiger charge is -2.21. The number of unbranched alkanes of at least 4 members (excludes halogenated alkanes) is 7. The van der Waals surface area contributed by atoms with Crippen molar-refractivity contribution >= 4 is 11.8 Å². The van der Waals surface area contributed by atoms with Gasteiger partial charge in [0.15, 0.2) is 0 Å². The lowest BCUT2D eigenvalue weighted by Crippen LogP contribution is -2.39. The molecular weight excluding hydrogens is 290 g/mol. The first-order valence-electron chi connectivity index (χ1n) is 8.81. The summed E-state index contributed by atoms with van der Waals surface area (Å²) in [6.07, 6.45) is 8.83. The molecule has 4 heteroatoms. The van der Waals surface area contributed by atoms with Crippen LogP contribution in [0.5, 0.6) is 0 Å². The summed E-state index contributed by atoms with van der Waals surface area (Å²) >= 11 is 0. The molecule has 1 heterocycles. The standard InChI is InChI=1S/C19H27NO3/c1-2-3-4-5-6-7-8-9-14-17(21)20-18(22)15-12-10-11-13-16(15)19(20)23/h10-13,17,21H,2-9,14H2,1H3. The van der Waals surface area contributed by atoms with Crippen molar-refractivity contribution in [1.29, 1.82) is 0 Å². The van der Waals surface area contributed by atoms with Crippen molar-refractivity contribution in [2.75, 3.05) is 0 Å². The Morgan fingerprint density at radius 3 is 1.87 bits per heavy atom. The van der Waals surface area contributed by atoms with E-state index in [1.165, 1.54) is 32.1 Å². The second-order valence-corrected chi connectivity index (χ2v) is 6.27. The number of nitrogens with zero attached hydrogens (tertiary/aromatic N) is 1. The third-order valence-electron chi connectivity index (χ3n) is 4.44. The maximum absolute atomic E-state index is 12.2. The molecule has 1 aliphatic heterocycles. The number of carbonyl (C=O) groups is 2. The highest BCUT2D eigenvalue weighted by atomic mass is 16.3. The van der Waals surface area contributed by atoms with Crippen LogP contribution in [0.1, 0.15) is 85.4 Å². The third-order valence-corrected chi connectivity index (χ3v) is 4.44. The number of aliphatic hydroxyl groups is 1. The monoisotopic (exact) mass is 317 g/mol. The van der Waals surface area contributed by atoms with Gasteiger partial charge in [-0.25, -0.2) is 4.90 Å². The smallest absolute Gasteiger partial charge is 0.263 e. The Kier molecular flexibility index (Phi) is 6.78. The van der Waals surface area contributed by atoms with Crippen molar-refractivity contribution < 1.29 is 14.7 Å². The minimum atomic E-state index is -1.01. The van der Waals surface area contributed by atoms with E-state index in [0.717, 1.165) is 24.2 Å². The molecule has 1 atom stereocenters. The van der Waals surface area contributed by atoms with Crippen molar-refractivity contribution in [3.63, 3.8) is 0 Å². The lowest BCUT2D eigenvalue weighted by atomic mass is 10.1. The quantitative estimate of drug-likeness (QED) is 0.521. The Hall–Kier alpha value is -1.68. The molecule has 126 valence electrons. The average Bonchev–Trinajstić information content (AvgIpc) is 2.82. The fourth-order valence-corrected chi connectivity index (χ4v) is 3.07. The Morgan fingerprint density at radius 2 is 1.35 bits per heavy atom. The molecule has 0 saturated heterocycles. The average molecular weight is 317 g/mol. The molecule has 0 aromatic heterocycles. The van der Waals surface area contributed by atoms with Gasteiger partial charge in [0.2, 0.25) is 0 Å². The molecule has 1 aromatic carbocycles. The Bertz CT molecular complexity index is 506. The SMILES string of the molecule is CCCCCCCCCCC(O)N1C(=O)c2ccccc2C1=O. The molecular formula is C19H27NO3. The molecule has 2 amide bonds. The normalized spacial score (nSPS) is 15.1. The summed E-state index contributed by atoms with van der Waals surface area (Å²) in [7, 11) is 0. The number of amides is 2. The van der Waals surface area contributed by atoms with Crippen molar-refractivity contribution in [3.8, 4) is 0 Å². The van der Waals surface area contributed by atoms with Gasteiger partial charge < -0.3 is 5.11 Å². The summed E-state index contributed by atoms with van der Waals surface area (Å²) in [5, 5.41) is 10.2. The summed E-state index contributed by atoms with van der Waals surface area (Å²) in [5.41, 5.74) is 0.792. The predicted octanol–water partition coefficient (Wildman–Crippen LogP) is 4.13. The van der Waals surface area contributed by atoms with Crippen molar-refractivity contribution in [3.05, 3.63) is 35.4 Å². The van der Waals surface area contributed by atoms with E-state index < -0.39 is 6.23 Å². The van der Waals surface area contributed by atoms with E-state index in [-0.39, 0.29) is 11.8 Å². The zero-order chi connectivity index (χ0) is 16.7. The largest absolute Gasteiger partial charge is 0.373 e. The second-order valence-electron chi connectivity index (χ2n) is 6.27. The van der Waals surface area contributed by atoms with Gasteiger partial charge in [0, 0.05) is 0 Å². The van der Waals surface area contributed by atoms with Crippen molar-refractivity contribution in [2.24, 2.45) is 0 Å². The highest BCUT2D eigenvalue weighted by molar-refractivity contribution is 6.21. The molecule has 0 fully saturated rings. The van der Waals surface area contributed by atoms with Crippen LogP contribution in [0.4, 0.5) is 0 Å². The van der Waals surface area contributed by atoms with Gasteiger partial charge in [-0.3, -0.25) is 9.59 Å². The molecule has 4 nitrogen and oxygen atoms in total. The fraction of sp³-hybridized carbons (Fsp3) is 0.579. The minimum Gasteiger partial charge on any atom is -0.373 e. The minimum absolute atomic E-state index is 0.377. The van der Waals surface area contributed by atoms with Gasteiger partial charge >= 0.3 is 0 Å². The summed E-state index contributed by atoms with van der Waals surface area (Å²) in [5.74, 6) is -0.754. The Labute approximate surface area is 138 Å². The van der Waals surface area contributed by atoms with Crippen LogP contribution in [0.3, 0.4) is 0 Å². The van der Waals surface area contributed by atoms with Gasteiger partial charge in [0.1, 0.15) is 6.23 Å². The van der Waals surface area contributed by atoms with Crippen LogP contribution in [-0.4, -0.2) is 28.0 Å². The maximum atomic E-state index is 12.2. The van der Waals surface area contributed by atoms with Gasteiger partial charge in [-0.1, -0.05) is 64.0 Å². The number of aliphatic hydroxyl groups excluding tert-OH is 1. The van der Waals surface area contributed by atoms with E-state index >= 15 is 0 Å². The zero-order valence-electron chi connectivity index (χ0n) is 14.0. The number of benzene rings is 1. The van der Waals surface area contributed by atoms with Crippen LogP contribution in [0.2, 0.25) is 0 Å². The van der Waals surface area contributed by atoms with E-state index in [2.05, 4.69) is 6.92 Å². The number of carbonyl (C=O) groups excluding carboxylic acids is 2. The fourth-order valence-electron chi connectivity index (χ4n) is 3.07. The molecule has 23 heavy (non-hydrogen) atoms. The number of rotatable bonds is 10. The molecule has 0 bridgehead atoms. The topological polar surface area (TPSA) is 57.6 Å². The first-order valence-corrected chi connectivity index (χ1v) is 8.81. The number of hydrogen-bond donors (Lipinski definition) is 1. The Morgan fingerprint density at radius 1 is 0.870 bits per heavy atom. The van der Waals surface area contributed by atoms with E-state index in [9.17, 15) is 14.7 Å². The zero-order valence-corrected chi connectivity index (χ0v) is 14.0. The summed E-state index contributed by atoms with van der Waals surface area (Å²) in [6.45, 7) is 2.21. The van der Waals surface area contributed by atoms with Crippen LogP contribution in [0.25, 0.3) is 0 Å². The van der Waals surface area contributed by atoms with Crippen LogP contribution in [-0.2, 0) is 0 Å². The van der Waals surface area contributed by atoms with Crippen molar-refractivity contribution in [2.45, 2.75) is 70.9 Å². The van der Waals surface area contributed by atoms with Gasteiger partial charge in [-0.05, 0) is 25.0 Å². The van der Waals surface area contributed by atoms with Crippen LogP contribution < -0.4 is 0 Å². The van der Waals surface area contributed by atoms with E-state index in [1.54, 1.807) is 24.3 Å². The third kappa shape index (κ3) is 4.41. The summed E-state index contributed by atoms with van der Waals surface area (Å²) in [6, 6.07) is 6.74. The number of hydrogen-bond acceptors (Lipinski definition) is 3. The van der Waals surface area contributed by atoms with E-state index in [4.69, 9.17) is 0 Å². The van der Waals surface area contributed by atoms with Crippen LogP contribution >= 0.6 is 0 Å². The van der Waals surface area contributed by atoms with Crippen molar-refractivity contribution in [1.82, 2.24) is 4.90 Å². The predicted molar refractivity (Wildman–Crippen MR) is 90.2 cm³/mol. The highest BCUT2D eigenvalue weighted by Gasteiger charge is 2.38. The molecule has 0 spiro atoms. The molecule has 1 unspecified atom stereocenters. The molecule has 1 aromatic rings. The molecule has 0 radical (unpaired) electrons. The van der Waals surface area contributed by atoms with E-state index in [1.807, 2.05) is 0 Å². The summed E-state index contributed by atoms with van der Waals surface area (Å²) in [4.78, 5) is 25.5. The van der Waals surface area contributed by atoms with Gasteiger partial charge in [-0.2, -0.15) is 0 Å². The summed E-state index contributed by atoms with van der Waals surface area (Å²) < 4.78 is 0. The van der Waals surface area contributed by atoms with Gasteiger partial charge in [-0.15, -0.1) is 0 Å². The molecule has 0 saturated carbocycles. The first kappa shape index (κ1) is 17.7. The van der Waals surface area contributed by atoms with E-state index in [0.29, 0.717) is 17.5 Å².